The third kappa shape index (κ3) is 6.71. The van der Waals surface area contributed by atoms with Gasteiger partial charge in [-0.25, -0.2) is 4.79 Å². The predicted molar refractivity (Wildman–Crippen MR) is 155 cm³/mol. The Morgan fingerprint density at radius 1 is 1.00 bits per heavy atom. The van der Waals surface area contributed by atoms with Gasteiger partial charge in [0.1, 0.15) is 17.2 Å². The number of hydrogen-bond acceptors (Lipinski definition) is 9. The van der Waals surface area contributed by atoms with E-state index in [1.807, 2.05) is 30.3 Å². The van der Waals surface area contributed by atoms with Crippen molar-refractivity contribution in [2.45, 2.75) is 39.5 Å². The molecule has 4 rings (SSSR count). The molecule has 3 aromatic rings. The van der Waals surface area contributed by atoms with Crippen LogP contribution in [0, 0.1) is 0 Å². The van der Waals surface area contributed by atoms with Crippen molar-refractivity contribution in [1.29, 1.82) is 0 Å². The number of thiophene rings is 1. The molecule has 8 nitrogen and oxygen atoms in total. The molecule has 2 aromatic carbocycles. The summed E-state index contributed by atoms with van der Waals surface area (Å²) >= 11 is 1.59. The van der Waals surface area contributed by atoms with Gasteiger partial charge in [-0.2, -0.15) is 0 Å². The van der Waals surface area contributed by atoms with Crippen LogP contribution in [0.4, 0.5) is 0 Å². The second-order valence-corrected chi connectivity index (χ2v) is 10.0. The maximum atomic E-state index is 13.3. The van der Waals surface area contributed by atoms with Crippen molar-refractivity contribution < 1.29 is 38.0 Å². The van der Waals surface area contributed by atoms with E-state index in [0.29, 0.717) is 34.3 Å². The zero-order valence-corrected chi connectivity index (χ0v) is 24.5. The highest BCUT2D eigenvalue weighted by Crippen LogP contribution is 2.43. The molecule has 40 heavy (non-hydrogen) atoms. The molecule has 0 bridgehead atoms. The lowest BCUT2D eigenvalue weighted by atomic mass is 9.95. The molecule has 0 radical (unpaired) electrons. The summed E-state index contributed by atoms with van der Waals surface area (Å²) in [6.07, 6.45) is 5.21. The monoisotopic (exact) mass is 568 g/mol. The lowest BCUT2D eigenvalue weighted by Crippen LogP contribution is -2.10. The molecule has 1 aliphatic rings. The molecule has 9 heteroatoms. The minimum Gasteiger partial charge on any atom is -0.497 e. The van der Waals surface area contributed by atoms with E-state index >= 15 is 0 Å². The second-order valence-electron chi connectivity index (χ2n) is 9.10. The Balaban J connectivity index is 1.84. The smallest absolute Gasteiger partial charge is 0.334 e. The average molecular weight is 569 g/mol. The Kier molecular flexibility index (Phi) is 10.3. The number of aryl methyl sites for hydroxylation is 1. The molecular formula is C31H36O8S. The van der Waals surface area contributed by atoms with E-state index in [0.717, 1.165) is 40.8 Å². The first-order chi connectivity index (χ1) is 19.5. The van der Waals surface area contributed by atoms with Crippen LogP contribution in [0.3, 0.4) is 0 Å². The van der Waals surface area contributed by atoms with Crippen LogP contribution in [-0.2, 0) is 27.1 Å². The third-order valence-electron chi connectivity index (χ3n) is 6.49. The summed E-state index contributed by atoms with van der Waals surface area (Å²) in [6, 6.07) is 9.40. The van der Waals surface area contributed by atoms with Crippen LogP contribution in [0.15, 0.2) is 41.3 Å². The zero-order valence-electron chi connectivity index (χ0n) is 23.7. The molecule has 0 N–H and O–H groups in total. The van der Waals surface area contributed by atoms with Crippen molar-refractivity contribution in [2.24, 2.45) is 0 Å². The fraction of sp³-hybridized carbons (Fsp3) is 0.387. The molecule has 1 aromatic heterocycles. The minimum absolute atomic E-state index is 0.0950. The lowest BCUT2D eigenvalue weighted by Gasteiger charge is -2.15. The van der Waals surface area contributed by atoms with Crippen molar-refractivity contribution in [2.75, 3.05) is 41.5 Å². The number of carbonyl (C=O) groups excluding carboxylic acids is 1. The van der Waals surface area contributed by atoms with Gasteiger partial charge in [0.2, 0.25) is 6.79 Å². The standard InChI is InChI=1S/C31H36O8S/c1-6-8-9-20-17-40-29(30(20)24-11-10-23(34-4)15-26(24)37-18-33-3)14-22(31(32)36-7-2)12-21-13-27-28(39-19-38-27)16-25(21)35-5/h10-11,13-17H,6-9,12,18-19H2,1-5H3. The van der Waals surface area contributed by atoms with Gasteiger partial charge in [-0.1, -0.05) is 13.3 Å². The number of fused-ring (bicyclic) bond motifs is 1. The quantitative estimate of drug-likeness (QED) is 0.121. The summed E-state index contributed by atoms with van der Waals surface area (Å²) < 4.78 is 38.8. The van der Waals surface area contributed by atoms with Crippen molar-refractivity contribution >= 4 is 23.4 Å². The van der Waals surface area contributed by atoms with Crippen LogP contribution < -0.4 is 23.7 Å². The summed E-state index contributed by atoms with van der Waals surface area (Å²) in [4.78, 5) is 14.2. The summed E-state index contributed by atoms with van der Waals surface area (Å²) in [5, 5.41) is 2.16. The number of unbranched alkanes of at least 4 members (excludes halogenated alkanes) is 1. The largest absolute Gasteiger partial charge is 0.497 e. The molecule has 1 aliphatic heterocycles. The Labute approximate surface area is 239 Å². The second kappa shape index (κ2) is 14.1. The van der Waals surface area contributed by atoms with Gasteiger partial charge < -0.3 is 33.2 Å². The summed E-state index contributed by atoms with van der Waals surface area (Å²) in [5.74, 6) is 2.78. The fourth-order valence-corrected chi connectivity index (χ4v) is 5.59. The Bertz CT molecular complexity index is 1340. The number of carbonyl (C=O) groups is 1. The first-order valence-corrected chi connectivity index (χ1v) is 14.2. The van der Waals surface area contributed by atoms with Crippen molar-refractivity contribution in [3.8, 4) is 39.9 Å². The fourth-order valence-electron chi connectivity index (χ4n) is 4.51. The Morgan fingerprint density at radius 3 is 2.50 bits per heavy atom. The van der Waals surface area contributed by atoms with Crippen LogP contribution in [-0.4, -0.2) is 47.5 Å². The topological polar surface area (TPSA) is 81.7 Å². The number of hydrogen-bond donors (Lipinski definition) is 0. The number of rotatable bonds is 14. The molecule has 0 amide bonds. The first-order valence-electron chi connectivity index (χ1n) is 13.3. The summed E-state index contributed by atoms with van der Waals surface area (Å²) in [7, 11) is 4.80. The first kappa shape index (κ1) is 29.3. The maximum absolute atomic E-state index is 13.3. The third-order valence-corrected chi connectivity index (χ3v) is 7.46. The molecule has 0 saturated carbocycles. The molecule has 0 fully saturated rings. The van der Waals surface area contributed by atoms with Crippen LogP contribution in [0.2, 0.25) is 0 Å². The van der Waals surface area contributed by atoms with Gasteiger partial charge in [-0.15, -0.1) is 11.3 Å². The zero-order chi connectivity index (χ0) is 28.5. The van der Waals surface area contributed by atoms with E-state index in [2.05, 4.69) is 12.3 Å². The van der Waals surface area contributed by atoms with Crippen LogP contribution >= 0.6 is 11.3 Å². The Hall–Kier alpha value is -3.69. The normalized spacial score (nSPS) is 12.4. The van der Waals surface area contributed by atoms with Crippen molar-refractivity contribution in [3.63, 3.8) is 0 Å². The number of benzene rings is 2. The summed E-state index contributed by atoms with van der Waals surface area (Å²) in [6.45, 7) is 4.48. The van der Waals surface area contributed by atoms with Gasteiger partial charge in [0, 0.05) is 52.8 Å². The van der Waals surface area contributed by atoms with E-state index in [4.69, 9.17) is 33.2 Å². The molecule has 0 saturated heterocycles. The molecular weight excluding hydrogens is 532 g/mol. The summed E-state index contributed by atoms with van der Waals surface area (Å²) in [5.41, 5.74) is 4.40. The van der Waals surface area contributed by atoms with Gasteiger partial charge in [0.25, 0.3) is 0 Å². The van der Waals surface area contributed by atoms with Gasteiger partial charge in [0.15, 0.2) is 18.3 Å². The predicted octanol–water partition coefficient (Wildman–Crippen LogP) is 6.68. The van der Waals surface area contributed by atoms with E-state index in [-0.39, 0.29) is 32.6 Å². The van der Waals surface area contributed by atoms with Gasteiger partial charge in [0.05, 0.1) is 20.8 Å². The highest BCUT2D eigenvalue weighted by atomic mass is 32.1. The maximum Gasteiger partial charge on any atom is 0.334 e. The SMILES string of the molecule is CCCCc1csc(C=C(Cc2cc3c(cc2OC)OCO3)C(=O)OCC)c1-c1ccc(OC)cc1OCOC. The highest BCUT2D eigenvalue weighted by molar-refractivity contribution is 7.11. The van der Waals surface area contributed by atoms with Crippen LogP contribution in [0.1, 0.15) is 42.7 Å². The average Bonchev–Trinajstić information content (AvgIpc) is 3.60. The van der Waals surface area contributed by atoms with Crippen LogP contribution in [0.25, 0.3) is 17.2 Å². The lowest BCUT2D eigenvalue weighted by molar-refractivity contribution is -0.138. The van der Waals surface area contributed by atoms with E-state index in [1.54, 1.807) is 45.7 Å². The molecule has 0 aliphatic carbocycles. The van der Waals surface area contributed by atoms with E-state index in [9.17, 15) is 4.79 Å². The number of ether oxygens (including phenoxy) is 7. The molecule has 0 atom stereocenters. The molecule has 0 spiro atoms. The minimum atomic E-state index is -0.387. The molecule has 2 heterocycles. The van der Waals surface area contributed by atoms with Gasteiger partial charge in [-0.3, -0.25) is 0 Å². The highest BCUT2D eigenvalue weighted by Gasteiger charge is 2.23. The number of methoxy groups -OCH3 is 3. The van der Waals surface area contributed by atoms with E-state index in [1.165, 1.54) is 5.56 Å². The molecule has 214 valence electrons. The number of esters is 1. The van der Waals surface area contributed by atoms with Crippen molar-refractivity contribution in [3.05, 3.63) is 57.3 Å². The molecule has 0 unspecified atom stereocenters. The van der Waals surface area contributed by atoms with Gasteiger partial charge >= 0.3 is 5.97 Å². The van der Waals surface area contributed by atoms with E-state index < -0.39 is 0 Å². The Morgan fingerprint density at radius 2 is 1.80 bits per heavy atom. The van der Waals surface area contributed by atoms with Crippen molar-refractivity contribution in [1.82, 2.24) is 0 Å². The van der Waals surface area contributed by atoms with Crippen LogP contribution in [0.5, 0.6) is 28.7 Å². The van der Waals surface area contributed by atoms with Gasteiger partial charge in [-0.05, 0) is 55.0 Å².